The largest absolute Gasteiger partial charge is 0.295 e. The second kappa shape index (κ2) is 5.24. The molecule has 0 unspecified atom stereocenters. The van der Waals surface area contributed by atoms with Crippen molar-refractivity contribution in [3.63, 3.8) is 0 Å². The normalized spacial score (nSPS) is 11.7. The quantitative estimate of drug-likeness (QED) is 0.909. The van der Waals surface area contributed by atoms with Gasteiger partial charge in [0, 0.05) is 12.7 Å². The van der Waals surface area contributed by atoms with E-state index in [0.29, 0.717) is 29.5 Å². The predicted octanol–water partition coefficient (Wildman–Crippen LogP) is 1.05. The lowest BCUT2D eigenvalue weighted by atomic mass is 10.3. The van der Waals surface area contributed by atoms with Gasteiger partial charge in [0.1, 0.15) is 5.69 Å². The number of nitrogens with zero attached hydrogens (tertiary/aromatic N) is 4. The van der Waals surface area contributed by atoms with Crippen molar-refractivity contribution in [3.8, 4) is 11.5 Å². The second-order valence-electron chi connectivity index (χ2n) is 3.86. The van der Waals surface area contributed by atoms with Gasteiger partial charge >= 0.3 is 0 Å². The minimum atomic E-state index is -3.92. The Morgan fingerprint density at radius 3 is 2.63 bits per heavy atom. The van der Waals surface area contributed by atoms with E-state index in [9.17, 15) is 8.42 Å². The fraction of sp³-hybridized carbons (Fsp3) is 0.300. The second-order valence-corrected chi connectivity index (χ2v) is 5.76. The monoisotopic (exact) mass is 301 g/mol. The van der Waals surface area contributed by atoms with Crippen molar-refractivity contribution in [2.24, 2.45) is 5.14 Å². The molecule has 0 aliphatic heterocycles. The molecule has 2 rings (SSSR count). The van der Waals surface area contributed by atoms with Crippen LogP contribution in [0.2, 0.25) is 5.02 Å². The van der Waals surface area contributed by atoms with E-state index in [2.05, 4.69) is 15.2 Å². The molecule has 19 heavy (non-hydrogen) atoms. The average molecular weight is 302 g/mol. The summed E-state index contributed by atoms with van der Waals surface area (Å²) >= 11 is 5.76. The highest BCUT2D eigenvalue weighted by atomic mass is 35.5. The van der Waals surface area contributed by atoms with Crippen LogP contribution in [-0.4, -0.2) is 28.2 Å². The number of nitrogens with two attached hydrogens (primary N) is 1. The van der Waals surface area contributed by atoms with E-state index >= 15 is 0 Å². The van der Waals surface area contributed by atoms with Crippen LogP contribution >= 0.6 is 11.6 Å². The molecule has 0 aliphatic carbocycles. The van der Waals surface area contributed by atoms with Crippen molar-refractivity contribution >= 4 is 21.6 Å². The van der Waals surface area contributed by atoms with E-state index in [1.54, 1.807) is 12.1 Å². The van der Waals surface area contributed by atoms with Crippen molar-refractivity contribution in [2.75, 3.05) is 0 Å². The fourth-order valence-corrected chi connectivity index (χ4v) is 2.37. The summed E-state index contributed by atoms with van der Waals surface area (Å²) in [5.74, 6) is 0.350. The lowest BCUT2D eigenvalue weighted by Crippen LogP contribution is -2.19. The number of hydrogen-bond donors (Lipinski definition) is 1. The Morgan fingerprint density at radius 2 is 2.11 bits per heavy atom. The molecule has 0 aliphatic rings. The number of sulfonamides is 1. The molecule has 7 nitrogen and oxygen atoms in total. The van der Waals surface area contributed by atoms with Crippen molar-refractivity contribution in [1.29, 1.82) is 0 Å². The number of pyridine rings is 1. The first-order valence-corrected chi connectivity index (χ1v) is 7.44. The maximum absolute atomic E-state index is 11.4. The third-order valence-corrected chi connectivity index (χ3v) is 3.41. The summed E-state index contributed by atoms with van der Waals surface area (Å²) in [5, 5.41) is 12.8. The molecule has 0 saturated heterocycles. The Balaban J connectivity index is 2.58. The molecule has 2 N–H and O–H groups in total. The zero-order valence-electron chi connectivity index (χ0n) is 10.1. The van der Waals surface area contributed by atoms with Crippen molar-refractivity contribution in [1.82, 2.24) is 19.7 Å². The van der Waals surface area contributed by atoms with Crippen LogP contribution in [0.4, 0.5) is 0 Å². The topological polar surface area (TPSA) is 104 Å². The first-order chi connectivity index (χ1) is 8.93. The van der Waals surface area contributed by atoms with Crippen LogP contribution in [0.15, 0.2) is 23.5 Å². The summed E-state index contributed by atoms with van der Waals surface area (Å²) in [6, 6.07) is 3.29. The summed E-state index contributed by atoms with van der Waals surface area (Å²) in [7, 11) is -3.92. The smallest absolute Gasteiger partial charge is 0.273 e. The molecule has 0 bridgehead atoms. The molecule has 2 aromatic heterocycles. The van der Waals surface area contributed by atoms with Gasteiger partial charge in [0.15, 0.2) is 5.82 Å². The van der Waals surface area contributed by atoms with Crippen LogP contribution in [0.5, 0.6) is 0 Å². The molecule has 0 spiro atoms. The molecule has 9 heteroatoms. The number of primary sulfonamides is 1. The van der Waals surface area contributed by atoms with Crippen LogP contribution in [0.25, 0.3) is 11.5 Å². The van der Waals surface area contributed by atoms with Crippen molar-refractivity contribution in [3.05, 3.63) is 23.4 Å². The highest BCUT2D eigenvalue weighted by molar-refractivity contribution is 7.89. The van der Waals surface area contributed by atoms with E-state index in [1.807, 2.05) is 6.92 Å². The number of aromatic nitrogens is 4. The number of halogens is 1. The molecule has 2 heterocycles. The lowest BCUT2D eigenvalue weighted by Gasteiger charge is -2.07. The summed E-state index contributed by atoms with van der Waals surface area (Å²) in [4.78, 5) is 4.10. The van der Waals surface area contributed by atoms with Gasteiger partial charge in [0.2, 0.25) is 0 Å². The van der Waals surface area contributed by atoms with Crippen LogP contribution in [-0.2, 0) is 16.6 Å². The highest BCUT2D eigenvalue weighted by Gasteiger charge is 2.21. The maximum Gasteiger partial charge on any atom is 0.273 e. The molecule has 0 amide bonds. The molecule has 102 valence electrons. The van der Waals surface area contributed by atoms with Gasteiger partial charge in [0.05, 0.1) is 5.02 Å². The Kier molecular flexibility index (Phi) is 3.83. The summed E-state index contributed by atoms with van der Waals surface area (Å²) in [5.41, 5.74) is 0.486. The Morgan fingerprint density at radius 1 is 1.37 bits per heavy atom. The average Bonchev–Trinajstić information content (AvgIpc) is 2.74. The Bertz CT molecular complexity index is 680. The van der Waals surface area contributed by atoms with Gasteiger partial charge in [-0.05, 0) is 18.6 Å². The van der Waals surface area contributed by atoms with Crippen LogP contribution < -0.4 is 5.14 Å². The summed E-state index contributed by atoms with van der Waals surface area (Å²) in [6.07, 6.45) is 2.17. The molecular formula is C10H12ClN5O2S. The van der Waals surface area contributed by atoms with E-state index < -0.39 is 10.0 Å². The SMILES string of the molecule is CCCn1c(-c2ccc(Cl)cn2)nnc1S(N)(=O)=O. The van der Waals surface area contributed by atoms with Crippen LogP contribution in [0.3, 0.4) is 0 Å². The lowest BCUT2D eigenvalue weighted by molar-refractivity contribution is 0.559. The maximum atomic E-state index is 11.4. The van der Waals surface area contributed by atoms with Crippen LogP contribution in [0.1, 0.15) is 13.3 Å². The van der Waals surface area contributed by atoms with Crippen molar-refractivity contribution < 1.29 is 8.42 Å². The van der Waals surface area contributed by atoms with Gasteiger partial charge in [-0.2, -0.15) is 0 Å². The predicted molar refractivity (Wildman–Crippen MR) is 69.9 cm³/mol. The molecule has 0 saturated carbocycles. The number of hydrogen-bond acceptors (Lipinski definition) is 5. The van der Waals surface area contributed by atoms with Gasteiger partial charge in [-0.3, -0.25) is 9.55 Å². The molecule has 0 radical (unpaired) electrons. The number of rotatable bonds is 4. The van der Waals surface area contributed by atoms with Crippen LogP contribution in [0, 0.1) is 0 Å². The fourth-order valence-electron chi connectivity index (χ4n) is 1.62. The van der Waals surface area contributed by atoms with E-state index in [4.69, 9.17) is 16.7 Å². The summed E-state index contributed by atoms with van der Waals surface area (Å²) < 4.78 is 24.3. The minimum absolute atomic E-state index is 0.263. The first kappa shape index (κ1) is 13.9. The van der Waals surface area contributed by atoms with Gasteiger partial charge in [0.25, 0.3) is 15.2 Å². The Labute approximate surface area is 115 Å². The van der Waals surface area contributed by atoms with Gasteiger partial charge in [-0.25, -0.2) is 13.6 Å². The van der Waals surface area contributed by atoms with Gasteiger partial charge in [-0.1, -0.05) is 18.5 Å². The van der Waals surface area contributed by atoms with Gasteiger partial charge in [-0.15, -0.1) is 10.2 Å². The molecule has 0 atom stereocenters. The van der Waals surface area contributed by atoms with Gasteiger partial charge < -0.3 is 0 Å². The zero-order chi connectivity index (χ0) is 14.0. The van der Waals surface area contributed by atoms with E-state index in [1.165, 1.54) is 10.8 Å². The third kappa shape index (κ3) is 2.91. The van der Waals surface area contributed by atoms with E-state index in [0.717, 1.165) is 0 Å². The third-order valence-electron chi connectivity index (χ3n) is 2.38. The zero-order valence-corrected chi connectivity index (χ0v) is 11.7. The Hall–Kier alpha value is -1.51. The molecular weight excluding hydrogens is 290 g/mol. The van der Waals surface area contributed by atoms with E-state index in [-0.39, 0.29) is 5.16 Å². The standard InChI is InChI=1S/C10H12ClN5O2S/c1-2-5-16-9(8-4-3-7(11)6-13-8)14-15-10(16)19(12,17)18/h3-4,6H,2,5H2,1H3,(H2,12,17,18). The molecule has 0 fully saturated rings. The minimum Gasteiger partial charge on any atom is -0.295 e. The summed E-state index contributed by atoms with van der Waals surface area (Å²) in [6.45, 7) is 2.34. The molecule has 2 aromatic rings. The molecule has 0 aromatic carbocycles. The van der Waals surface area contributed by atoms with Crippen molar-refractivity contribution in [2.45, 2.75) is 25.0 Å². The first-order valence-electron chi connectivity index (χ1n) is 5.51. The highest BCUT2D eigenvalue weighted by Crippen LogP contribution is 2.19.